The Labute approximate surface area is 193 Å². The zero-order valence-corrected chi connectivity index (χ0v) is 20.3. The van der Waals surface area contributed by atoms with Gasteiger partial charge in [-0.05, 0) is 62.4 Å². The summed E-state index contributed by atoms with van der Waals surface area (Å²) >= 11 is 1.78. The van der Waals surface area contributed by atoms with Crippen molar-refractivity contribution < 1.29 is 14.7 Å². The number of carboxylic acid groups (broad SMARTS) is 1. The van der Waals surface area contributed by atoms with Crippen LogP contribution >= 0.6 is 11.3 Å². The molecule has 0 saturated heterocycles. The van der Waals surface area contributed by atoms with Crippen LogP contribution < -0.4 is 5.32 Å². The van der Waals surface area contributed by atoms with Gasteiger partial charge in [0.15, 0.2) is 0 Å². The maximum absolute atomic E-state index is 12.8. The molecule has 3 aromatic rings. The van der Waals surface area contributed by atoms with E-state index < -0.39 is 12.0 Å². The first-order chi connectivity index (χ1) is 15.2. The van der Waals surface area contributed by atoms with Gasteiger partial charge in [0.1, 0.15) is 11.9 Å². The number of carbonyl (C=O) groups excluding carboxylic acids is 1. The predicted octanol–water partition coefficient (Wildman–Crippen LogP) is 5.59. The van der Waals surface area contributed by atoms with E-state index in [-0.39, 0.29) is 11.8 Å². The number of hydrogen-bond acceptors (Lipinski definition) is 4. The Morgan fingerprint density at radius 2 is 1.88 bits per heavy atom. The second-order valence-corrected chi connectivity index (χ2v) is 10.1. The summed E-state index contributed by atoms with van der Waals surface area (Å²) < 4.78 is 2.31. The Kier molecular flexibility index (Phi) is 7.72. The fourth-order valence-electron chi connectivity index (χ4n) is 4.15. The molecule has 0 saturated carbocycles. The number of hydrogen-bond donors (Lipinski definition) is 2. The van der Waals surface area contributed by atoms with Gasteiger partial charge in [0, 0.05) is 27.8 Å². The molecule has 6 nitrogen and oxygen atoms in total. The maximum atomic E-state index is 12.8. The van der Waals surface area contributed by atoms with Crippen LogP contribution in [0, 0.1) is 12.8 Å². The SMILES string of the molecule is CCC(CC)n1c(Cc2ccc(C)s2)nc2cc(C(=O)NC(CC(C)C)C(=O)O)ccc21. The molecule has 1 unspecified atom stereocenters. The molecule has 7 heteroatoms. The number of thiophene rings is 1. The van der Waals surface area contributed by atoms with Gasteiger partial charge in [0.2, 0.25) is 0 Å². The quantitative estimate of drug-likeness (QED) is 0.417. The van der Waals surface area contributed by atoms with Gasteiger partial charge in [-0.2, -0.15) is 0 Å². The summed E-state index contributed by atoms with van der Waals surface area (Å²) in [5.74, 6) is -0.235. The van der Waals surface area contributed by atoms with Crippen molar-refractivity contribution in [1.82, 2.24) is 14.9 Å². The van der Waals surface area contributed by atoms with Gasteiger partial charge in [0.25, 0.3) is 5.91 Å². The Bertz CT molecular complexity index is 1100. The summed E-state index contributed by atoms with van der Waals surface area (Å²) in [6.07, 6.45) is 3.13. The first-order valence-corrected chi connectivity index (χ1v) is 12.1. The number of fused-ring (bicyclic) bond motifs is 1. The Hall–Kier alpha value is -2.67. The average Bonchev–Trinajstić information content (AvgIpc) is 3.31. The number of amides is 1. The van der Waals surface area contributed by atoms with Crippen LogP contribution in [-0.4, -0.2) is 32.6 Å². The zero-order chi connectivity index (χ0) is 23.4. The minimum atomic E-state index is -1.01. The zero-order valence-electron chi connectivity index (χ0n) is 19.5. The van der Waals surface area contributed by atoms with Crippen LogP contribution in [0.5, 0.6) is 0 Å². The van der Waals surface area contributed by atoms with E-state index in [1.165, 1.54) is 9.75 Å². The number of imidazole rings is 1. The van der Waals surface area contributed by atoms with Crippen LogP contribution in [0.25, 0.3) is 11.0 Å². The van der Waals surface area contributed by atoms with Crippen LogP contribution in [0.4, 0.5) is 0 Å². The number of benzene rings is 1. The molecule has 0 fully saturated rings. The molecule has 2 N–H and O–H groups in total. The summed E-state index contributed by atoms with van der Waals surface area (Å²) in [6.45, 7) is 10.3. The van der Waals surface area contributed by atoms with Gasteiger partial charge < -0.3 is 15.0 Å². The second kappa shape index (κ2) is 10.3. The number of aromatic nitrogens is 2. The molecule has 0 spiro atoms. The first kappa shape index (κ1) is 24.0. The number of rotatable bonds is 10. The molecule has 0 bridgehead atoms. The smallest absolute Gasteiger partial charge is 0.326 e. The average molecular weight is 456 g/mol. The number of carbonyl (C=O) groups is 2. The van der Waals surface area contributed by atoms with E-state index >= 15 is 0 Å². The lowest BCUT2D eigenvalue weighted by Crippen LogP contribution is -2.41. The topological polar surface area (TPSA) is 84.2 Å². The number of nitrogens with one attached hydrogen (secondary N) is 1. The fraction of sp³-hybridized carbons (Fsp3) is 0.480. The van der Waals surface area contributed by atoms with E-state index in [0.29, 0.717) is 18.0 Å². The molecule has 2 aromatic heterocycles. The van der Waals surface area contributed by atoms with Crippen molar-refractivity contribution in [1.29, 1.82) is 0 Å². The van der Waals surface area contributed by atoms with E-state index in [2.05, 4.69) is 42.8 Å². The lowest BCUT2D eigenvalue weighted by atomic mass is 10.0. The molecule has 172 valence electrons. The van der Waals surface area contributed by atoms with Crippen LogP contribution in [0.15, 0.2) is 30.3 Å². The summed E-state index contributed by atoms with van der Waals surface area (Å²) in [5, 5.41) is 12.1. The highest BCUT2D eigenvalue weighted by atomic mass is 32.1. The van der Waals surface area contributed by atoms with Crippen LogP contribution in [0.3, 0.4) is 0 Å². The van der Waals surface area contributed by atoms with Gasteiger partial charge in [-0.1, -0.05) is 27.7 Å². The molecule has 1 aromatic carbocycles. The molecule has 3 rings (SSSR count). The Morgan fingerprint density at radius 1 is 1.16 bits per heavy atom. The van der Waals surface area contributed by atoms with Crippen LogP contribution in [0.2, 0.25) is 0 Å². The highest BCUT2D eigenvalue weighted by molar-refractivity contribution is 7.11. The van der Waals surface area contributed by atoms with E-state index in [9.17, 15) is 14.7 Å². The molecule has 0 aliphatic carbocycles. The summed E-state index contributed by atoms with van der Waals surface area (Å²) in [7, 11) is 0. The minimum absolute atomic E-state index is 0.165. The molecule has 1 atom stereocenters. The third-order valence-corrected chi connectivity index (χ3v) is 6.77. The number of nitrogens with zero attached hydrogens (tertiary/aromatic N) is 2. The standard InChI is InChI=1S/C25H33N3O3S/c1-6-18(7-2)28-22-11-9-17(24(29)27-21(25(30)31)12-15(3)4)13-20(22)26-23(28)14-19-10-8-16(5)32-19/h8-11,13,15,18,21H,6-7,12,14H2,1-5H3,(H,27,29)(H,30,31). The van der Waals surface area contributed by atoms with Crippen molar-refractivity contribution in [3.05, 3.63) is 51.5 Å². The maximum Gasteiger partial charge on any atom is 0.326 e. The summed E-state index contributed by atoms with van der Waals surface area (Å²) in [5.41, 5.74) is 2.21. The highest BCUT2D eigenvalue weighted by Gasteiger charge is 2.23. The molecule has 0 radical (unpaired) electrons. The van der Waals surface area contributed by atoms with Gasteiger partial charge >= 0.3 is 5.97 Å². The van der Waals surface area contributed by atoms with Crippen molar-refractivity contribution in [2.45, 2.75) is 72.4 Å². The van der Waals surface area contributed by atoms with Crippen molar-refractivity contribution in [3.8, 4) is 0 Å². The third-order valence-electron chi connectivity index (χ3n) is 5.77. The molecule has 0 aliphatic rings. The van der Waals surface area contributed by atoms with Crippen molar-refractivity contribution in [2.24, 2.45) is 5.92 Å². The molecular weight excluding hydrogens is 422 g/mol. The molecule has 2 heterocycles. The number of aliphatic carboxylic acids is 1. The largest absolute Gasteiger partial charge is 0.480 e. The monoisotopic (exact) mass is 455 g/mol. The molecule has 32 heavy (non-hydrogen) atoms. The Morgan fingerprint density at radius 3 is 2.44 bits per heavy atom. The van der Waals surface area contributed by atoms with E-state index in [0.717, 1.165) is 36.1 Å². The lowest BCUT2D eigenvalue weighted by molar-refractivity contribution is -0.139. The van der Waals surface area contributed by atoms with E-state index in [1.807, 2.05) is 19.9 Å². The first-order valence-electron chi connectivity index (χ1n) is 11.3. The van der Waals surface area contributed by atoms with Gasteiger partial charge in [-0.25, -0.2) is 9.78 Å². The lowest BCUT2D eigenvalue weighted by Gasteiger charge is -2.19. The van der Waals surface area contributed by atoms with Gasteiger partial charge in [0.05, 0.1) is 11.0 Å². The third kappa shape index (κ3) is 5.38. The molecule has 1 amide bonds. The summed E-state index contributed by atoms with van der Waals surface area (Å²) in [4.78, 5) is 31.8. The van der Waals surface area contributed by atoms with Crippen LogP contribution in [0.1, 0.15) is 78.9 Å². The number of carboxylic acids is 1. The minimum Gasteiger partial charge on any atom is -0.480 e. The van der Waals surface area contributed by atoms with Gasteiger partial charge in [-0.15, -0.1) is 11.3 Å². The second-order valence-electron chi connectivity index (χ2n) is 8.75. The fourth-order valence-corrected chi connectivity index (χ4v) is 5.03. The predicted molar refractivity (Wildman–Crippen MR) is 130 cm³/mol. The van der Waals surface area contributed by atoms with Crippen LogP contribution in [-0.2, 0) is 11.2 Å². The Balaban J connectivity index is 1.96. The molecular formula is C25H33N3O3S. The molecule has 0 aliphatic heterocycles. The highest BCUT2D eigenvalue weighted by Crippen LogP contribution is 2.29. The summed E-state index contributed by atoms with van der Waals surface area (Å²) in [6, 6.07) is 9.19. The van der Waals surface area contributed by atoms with Gasteiger partial charge in [-0.3, -0.25) is 4.79 Å². The van der Waals surface area contributed by atoms with Crippen molar-refractivity contribution >= 4 is 34.2 Å². The van der Waals surface area contributed by atoms with E-state index in [4.69, 9.17) is 4.98 Å². The number of aryl methyl sites for hydroxylation is 1. The van der Waals surface area contributed by atoms with E-state index in [1.54, 1.807) is 23.5 Å². The van der Waals surface area contributed by atoms with Crippen molar-refractivity contribution in [2.75, 3.05) is 0 Å². The van der Waals surface area contributed by atoms with Crippen molar-refractivity contribution in [3.63, 3.8) is 0 Å². The normalized spacial score (nSPS) is 12.6.